The molecule has 1 aliphatic carbocycles. The molecule has 1 amide bonds. The van der Waals surface area contributed by atoms with Crippen LogP contribution in [0.4, 0.5) is 5.69 Å². The third-order valence-corrected chi connectivity index (χ3v) is 4.74. The van der Waals surface area contributed by atoms with E-state index in [9.17, 15) is 4.79 Å². The number of benzene rings is 1. The Kier molecular flexibility index (Phi) is 5.22. The number of carbonyl (C=O) groups is 1. The Bertz CT molecular complexity index is 745. The third-order valence-electron chi connectivity index (χ3n) is 4.74. The van der Waals surface area contributed by atoms with Crippen molar-refractivity contribution in [3.05, 3.63) is 53.5 Å². The average Bonchev–Trinajstić information content (AvgIpc) is 3.17. The van der Waals surface area contributed by atoms with E-state index in [1.54, 1.807) is 6.21 Å². The molecule has 0 unspecified atom stereocenters. The minimum Gasteiger partial charge on any atom is -0.460 e. The van der Waals surface area contributed by atoms with Gasteiger partial charge in [-0.25, -0.2) is 5.43 Å². The first-order valence-electron chi connectivity index (χ1n) is 8.90. The zero-order chi connectivity index (χ0) is 17.8. The van der Waals surface area contributed by atoms with E-state index in [2.05, 4.69) is 36.2 Å². The van der Waals surface area contributed by atoms with Crippen molar-refractivity contribution < 1.29 is 9.21 Å². The molecule has 2 aromatic rings. The molecule has 2 atom stereocenters. The number of rotatable bonds is 7. The molecular formula is C20H25N3O2. The van der Waals surface area contributed by atoms with Gasteiger partial charge in [0.25, 0.3) is 5.91 Å². The molecule has 1 aromatic carbocycles. The van der Waals surface area contributed by atoms with Crippen molar-refractivity contribution >= 4 is 17.8 Å². The highest BCUT2D eigenvalue weighted by atomic mass is 16.3. The van der Waals surface area contributed by atoms with Crippen LogP contribution in [-0.2, 0) is 0 Å². The van der Waals surface area contributed by atoms with Crippen LogP contribution in [0.5, 0.6) is 0 Å². The second kappa shape index (κ2) is 7.55. The minimum absolute atomic E-state index is 0.232. The van der Waals surface area contributed by atoms with Crippen LogP contribution in [0.2, 0.25) is 0 Å². The van der Waals surface area contributed by atoms with Crippen LogP contribution in [0.25, 0.3) is 0 Å². The van der Waals surface area contributed by atoms with Crippen LogP contribution in [0.1, 0.15) is 55.0 Å². The highest BCUT2D eigenvalue weighted by molar-refractivity contribution is 5.95. The van der Waals surface area contributed by atoms with Gasteiger partial charge in [-0.1, -0.05) is 6.92 Å². The molecule has 0 spiro atoms. The molecule has 25 heavy (non-hydrogen) atoms. The Morgan fingerprint density at radius 1 is 1.24 bits per heavy atom. The van der Waals surface area contributed by atoms with Crippen molar-refractivity contribution in [3.8, 4) is 0 Å². The van der Waals surface area contributed by atoms with Gasteiger partial charge in [0.05, 0.1) is 6.21 Å². The first-order valence-corrected chi connectivity index (χ1v) is 8.90. The molecule has 0 bridgehead atoms. The van der Waals surface area contributed by atoms with Crippen LogP contribution in [0, 0.1) is 5.92 Å². The predicted octanol–water partition coefficient (Wildman–Crippen LogP) is 4.01. The van der Waals surface area contributed by atoms with Crippen LogP contribution < -0.4 is 10.3 Å². The van der Waals surface area contributed by atoms with Crippen LogP contribution in [0.15, 0.2) is 45.9 Å². The summed E-state index contributed by atoms with van der Waals surface area (Å²) in [5, 5.41) is 3.99. The minimum atomic E-state index is -0.232. The molecule has 132 valence electrons. The molecule has 5 nitrogen and oxygen atoms in total. The summed E-state index contributed by atoms with van der Waals surface area (Å²) in [5.74, 6) is 2.68. The highest BCUT2D eigenvalue weighted by Gasteiger charge is 2.36. The fourth-order valence-corrected chi connectivity index (χ4v) is 2.99. The lowest BCUT2D eigenvalue weighted by atomic mass is 10.2. The molecule has 1 heterocycles. The number of hydrogen-bond acceptors (Lipinski definition) is 4. The highest BCUT2D eigenvalue weighted by Crippen LogP contribution is 2.47. The van der Waals surface area contributed by atoms with Crippen LogP contribution in [-0.4, -0.2) is 25.2 Å². The van der Waals surface area contributed by atoms with E-state index in [0.29, 0.717) is 23.2 Å². The second-order valence-electron chi connectivity index (χ2n) is 6.48. The van der Waals surface area contributed by atoms with Gasteiger partial charge in [0.2, 0.25) is 0 Å². The molecule has 0 radical (unpaired) electrons. The number of carbonyl (C=O) groups excluding carboxylic acids is 1. The van der Waals surface area contributed by atoms with Crippen LogP contribution >= 0.6 is 0 Å². The fourth-order valence-electron chi connectivity index (χ4n) is 2.99. The van der Waals surface area contributed by atoms with Gasteiger partial charge in [-0.15, -0.1) is 0 Å². The fraction of sp³-hybridized carbons (Fsp3) is 0.400. The van der Waals surface area contributed by atoms with Gasteiger partial charge in [0, 0.05) is 30.3 Å². The lowest BCUT2D eigenvalue weighted by molar-refractivity contribution is 0.0955. The first kappa shape index (κ1) is 17.3. The van der Waals surface area contributed by atoms with Crippen molar-refractivity contribution in [2.24, 2.45) is 11.0 Å². The maximum absolute atomic E-state index is 12.2. The predicted molar refractivity (Wildman–Crippen MR) is 100 cm³/mol. The summed E-state index contributed by atoms with van der Waals surface area (Å²) >= 11 is 0. The Morgan fingerprint density at radius 3 is 2.52 bits per heavy atom. The van der Waals surface area contributed by atoms with E-state index >= 15 is 0 Å². The zero-order valence-corrected chi connectivity index (χ0v) is 15.0. The topological polar surface area (TPSA) is 57.8 Å². The average molecular weight is 339 g/mol. The van der Waals surface area contributed by atoms with Crippen molar-refractivity contribution in [2.45, 2.75) is 33.1 Å². The van der Waals surface area contributed by atoms with Gasteiger partial charge in [-0.3, -0.25) is 4.79 Å². The Hall–Kier alpha value is -2.56. The molecule has 1 fully saturated rings. The third kappa shape index (κ3) is 4.10. The quantitative estimate of drug-likeness (QED) is 0.612. The normalized spacial score (nSPS) is 19.2. The molecular weight excluding hydrogens is 314 g/mol. The van der Waals surface area contributed by atoms with Crippen LogP contribution in [0.3, 0.4) is 0 Å². The molecule has 3 rings (SSSR count). The van der Waals surface area contributed by atoms with Crippen molar-refractivity contribution in [3.63, 3.8) is 0 Å². The summed E-state index contributed by atoms with van der Waals surface area (Å²) < 4.78 is 5.73. The molecule has 1 saturated carbocycles. The summed E-state index contributed by atoms with van der Waals surface area (Å²) in [7, 11) is 0. The lowest BCUT2D eigenvalue weighted by Crippen LogP contribution is -2.22. The molecule has 0 saturated heterocycles. The van der Waals surface area contributed by atoms with Gasteiger partial charge < -0.3 is 9.32 Å². The SMILES string of the molecule is CCN(CC)c1ccc(C(=O)N/N=C\c2ccc([C@H]3C[C@@H]3C)o2)cc1. The summed E-state index contributed by atoms with van der Waals surface area (Å²) in [6.45, 7) is 8.33. The van der Waals surface area contributed by atoms with Crippen molar-refractivity contribution in [2.75, 3.05) is 18.0 Å². The number of amides is 1. The second-order valence-corrected chi connectivity index (χ2v) is 6.48. The van der Waals surface area contributed by atoms with E-state index in [4.69, 9.17) is 4.42 Å². The van der Waals surface area contributed by atoms with Gasteiger partial charge in [-0.05, 0) is 62.6 Å². The molecule has 5 heteroatoms. The Balaban J connectivity index is 1.56. The Morgan fingerprint density at radius 2 is 1.92 bits per heavy atom. The van der Waals surface area contributed by atoms with Crippen molar-refractivity contribution in [1.29, 1.82) is 0 Å². The molecule has 1 aliphatic rings. The number of anilines is 1. The maximum Gasteiger partial charge on any atom is 0.271 e. The van der Waals surface area contributed by atoms with Gasteiger partial charge >= 0.3 is 0 Å². The smallest absolute Gasteiger partial charge is 0.271 e. The summed E-state index contributed by atoms with van der Waals surface area (Å²) in [4.78, 5) is 14.4. The van der Waals surface area contributed by atoms with Gasteiger partial charge in [0.15, 0.2) is 0 Å². The number of nitrogens with zero attached hydrogens (tertiary/aromatic N) is 2. The molecule has 1 N–H and O–H groups in total. The summed E-state index contributed by atoms with van der Waals surface area (Å²) in [6, 6.07) is 11.4. The summed E-state index contributed by atoms with van der Waals surface area (Å²) in [5.41, 5.74) is 4.24. The largest absolute Gasteiger partial charge is 0.460 e. The van der Waals surface area contributed by atoms with E-state index in [1.807, 2.05) is 36.4 Å². The number of hydrazone groups is 1. The van der Waals surface area contributed by atoms with Gasteiger partial charge in [0.1, 0.15) is 11.5 Å². The van der Waals surface area contributed by atoms with E-state index in [1.165, 1.54) is 6.42 Å². The van der Waals surface area contributed by atoms with E-state index < -0.39 is 0 Å². The zero-order valence-electron chi connectivity index (χ0n) is 15.0. The number of furan rings is 1. The molecule has 1 aromatic heterocycles. The van der Waals surface area contributed by atoms with Crippen molar-refractivity contribution in [1.82, 2.24) is 5.43 Å². The standard InChI is InChI=1S/C20H25N3O2/c1-4-23(5-2)16-8-6-15(7-9-16)20(24)22-21-13-17-10-11-19(25-17)18-12-14(18)3/h6-11,13-14,18H,4-5,12H2,1-3H3,(H,22,24)/b21-13-/t14-,18-/m0/s1. The summed E-state index contributed by atoms with van der Waals surface area (Å²) in [6.07, 6.45) is 2.73. The Labute approximate surface area is 148 Å². The number of nitrogens with one attached hydrogen (secondary N) is 1. The molecule has 0 aliphatic heterocycles. The lowest BCUT2D eigenvalue weighted by Gasteiger charge is -2.20. The monoisotopic (exact) mass is 339 g/mol. The maximum atomic E-state index is 12.2. The first-order chi connectivity index (χ1) is 12.1. The van der Waals surface area contributed by atoms with E-state index in [0.717, 1.165) is 24.5 Å². The van der Waals surface area contributed by atoms with E-state index in [-0.39, 0.29) is 5.91 Å². The van der Waals surface area contributed by atoms with Gasteiger partial charge in [-0.2, -0.15) is 5.10 Å². The number of hydrogen-bond donors (Lipinski definition) is 1.